The number of anilines is 1. The van der Waals surface area contributed by atoms with Crippen LogP contribution in [0.25, 0.3) is 0 Å². The zero-order valence-electron chi connectivity index (χ0n) is 13.1. The van der Waals surface area contributed by atoms with Crippen molar-refractivity contribution in [1.82, 2.24) is 19.8 Å². The standard InChI is InChI=1S/C15H23N5O2/c1-13-2-3-16-15(17-13)20-6-4-19(5-7-20)14(21)12-18-8-10-22-11-9-18/h2-3H,4-12H2,1H3. The number of carbonyl (C=O) groups excluding carboxylic acids is 1. The van der Waals surface area contributed by atoms with Gasteiger partial charge in [0.25, 0.3) is 0 Å². The van der Waals surface area contributed by atoms with Gasteiger partial charge in [-0.05, 0) is 13.0 Å². The molecule has 3 rings (SSSR count). The zero-order chi connectivity index (χ0) is 15.4. The average Bonchev–Trinajstić information content (AvgIpc) is 2.56. The van der Waals surface area contributed by atoms with E-state index in [9.17, 15) is 4.79 Å². The molecule has 0 N–H and O–H groups in total. The zero-order valence-corrected chi connectivity index (χ0v) is 13.1. The molecule has 1 aromatic rings. The quantitative estimate of drug-likeness (QED) is 0.768. The predicted molar refractivity (Wildman–Crippen MR) is 82.8 cm³/mol. The Balaban J connectivity index is 1.49. The van der Waals surface area contributed by atoms with Crippen LogP contribution < -0.4 is 4.90 Å². The van der Waals surface area contributed by atoms with Gasteiger partial charge in [0.05, 0.1) is 19.8 Å². The fourth-order valence-electron chi connectivity index (χ4n) is 2.79. The predicted octanol–water partition coefficient (Wildman–Crippen LogP) is -0.234. The summed E-state index contributed by atoms with van der Waals surface area (Å²) in [6.45, 7) is 8.68. The van der Waals surface area contributed by atoms with Crippen molar-refractivity contribution in [2.75, 3.05) is 63.9 Å². The van der Waals surface area contributed by atoms with E-state index in [1.807, 2.05) is 17.9 Å². The highest BCUT2D eigenvalue weighted by Crippen LogP contribution is 2.11. The molecule has 2 aliphatic heterocycles. The maximum atomic E-state index is 12.4. The molecule has 2 aliphatic rings. The van der Waals surface area contributed by atoms with Crippen molar-refractivity contribution in [1.29, 1.82) is 0 Å². The van der Waals surface area contributed by atoms with E-state index in [2.05, 4.69) is 19.8 Å². The molecular formula is C15H23N5O2. The molecule has 0 aliphatic carbocycles. The fourth-order valence-corrected chi connectivity index (χ4v) is 2.79. The van der Waals surface area contributed by atoms with Crippen LogP contribution in [0.2, 0.25) is 0 Å². The summed E-state index contributed by atoms with van der Waals surface area (Å²) in [7, 11) is 0. The van der Waals surface area contributed by atoms with E-state index in [0.29, 0.717) is 6.54 Å². The summed E-state index contributed by atoms with van der Waals surface area (Å²) in [6.07, 6.45) is 1.79. The summed E-state index contributed by atoms with van der Waals surface area (Å²) >= 11 is 0. The van der Waals surface area contributed by atoms with Gasteiger partial charge in [0.2, 0.25) is 11.9 Å². The van der Waals surface area contributed by atoms with Gasteiger partial charge >= 0.3 is 0 Å². The molecule has 120 valence electrons. The molecule has 2 saturated heterocycles. The first-order valence-corrected chi connectivity index (χ1v) is 7.85. The van der Waals surface area contributed by atoms with E-state index in [1.54, 1.807) is 6.20 Å². The number of rotatable bonds is 3. The van der Waals surface area contributed by atoms with Crippen molar-refractivity contribution in [3.8, 4) is 0 Å². The topological polar surface area (TPSA) is 61.8 Å². The minimum atomic E-state index is 0.215. The van der Waals surface area contributed by atoms with Crippen molar-refractivity contribution in [2.24, 2.45) is 0 Å². The van der Waals surface area contributed by atoms with E-state index >= 15 is 0 Å². The lowest BCUT2D eigenvalue weighted by Gasteiger charge is -2.36. The number of aromatic nitrogens is 2. The first kappa shape index (κ1) is 15.2. The number of nitrogens with zero attached hydrogens (tertiary/aromatic N) is 5. The first-order valence-electron chi connectivity index (χ1n) is 7.85. The number of ether oxygens (including phenoxy) is 1. The molecule has 7 nitrogen and oxygen atoms in total. The number of morpholine rings is 1. The Labute approximate surface area is 130 Å². The van der Waals surface area contributed by atoms with Gasteiger partial charge in [-0.2, -0.15) is 0 Å². The van der Waals surface area contributed by atoms with Gasteiger partial charge in [0, 0.05) is 51.2 Å². The number of aryl methyl sites for hydroxylation is 1. The number of hydrogen-bond acceptors (Lipinski definition) is 6. The summed E-state index contributed by atoms with van der Waals surface area (Å²) in [5.41, 5.74) is 0.968. The lowest BCUT2D eigenvalue weighted by Crippen LogP contribution is -2.52. The highest BCUT2D eigenvalue weighted by molar-refractivity contribution is 5.78. The molecule has 22 heavy (non-hydrogen) atoms. The molecule has 0 radical (unpaired) electrons. The minimum Gasteiger partial charge on any atom is -0.379 e. The molecule has 0 unspecified atom stereocenters. The molecule has 0 saturated carbocycles. The Bertz CT molecular complexity index is 510. The summed E-state index contributed by atoms with van der Waals surface area (Å²) in [5.74, 6) is 0.979. The van der Waals surface area contributed by atoms with Crippen LogP contribution >= 0.6 is 0 Å². The van der Waals surface area contributed by atoms with Crippen LogP contribution in [0.15, 0.2) is 12.3 Å². The van der Waals surface area contributed by atoms with Crippen molar-refractivity contribution in [3.05, 3.63) is 18.0 Å². The molecule has 0 aromatic carbocycles. The molecule has 0 spiro atoms. The van der Waals surface area contributed by atoms with Gasteiger partial charge in [0.15, 0.2) is 0 Å². The number of amides is 1. The second-order valence-electron chi connectivity index (χ2n) is 5.75. The van der Waals surface area contributed by atoms with Gasteiger partial charge in [-0.25, -0.2) is 9.97 Å². The second-order valence-corrected chi connectivity index (χ2v) is 5.75. The van der Waals surface area contributed by atoms with Crippen LogP contribution in [0.1, 0.15) is 5.69 Å². The molecule has 2 fully saturated rings. The molecule has 3 heterocycles. The Kier molecular flexibility index (Phi) is 4.84. The Morgan fingerprint density at radius 1 is 1.18 bits per heavy atom. The number of piperazine rings is 1. The van der Waals surface area contributed by atoms with Crippen LogP contribution in [0.3, 0.4) is 0 Å². The van der Waals surface area contributed by atoms with Crippen molar-refractivity contribution < 1.29 is 9.53 Å². The van der Waals surface area contributed by atoms with Gasteiger partial charge in [-0.15, -0.1) is 0 Å². The minimum absolute atomic E-state index is 0.215. The normalized spacial score (nSPS) is 20.2. The molecule has 0 bridgehead atoms. The summed E-state index contributed by atoms with van der Waals surface area (Å²) in [4.78, 5) is 27.4. The summed E-state index contributed by atoms with van der Waals surface area (Å²) in [6, 6.07) is 1.89. The summed E-state index contributed by atoms with van der Waals surface area (Å²) in [5, 5.41) is 0. The second kappa shape index (κ2) is 7.02. The summed E-state index contributed by atoms with van der Waals surface area (Å²) < 4.78 is 5.31. The van der Waals surface area contributed by atoms with Crippen LogP contribution in [0.5, 0.6) is 0 Å². The smallest absolute Gasteiger partial charge is 0.236 e. The maximum Gasteiger partial charge on any atom is 0.236 e. The molecular weight excluding hydrogens is 282 g/mol. The lowest BCUT2D eigenvalue weighted by atomic mass is 10.3. The van der Waals surface area contributed by atoms with Crippen molar-refractivity contribution in [2.45, 2.75) is 6.92 Å². The molecule has 1 amide bonds. The Morgan fingerprint density at radius 2 is 1.91 bits per heavy atom. The molecule has 7 heteroatoms. The maximum absolute atomic E-state index is 12.4. The largest absolute Gasteiger partial charge is 0.379 e. The monoisotopic (exact) mass is 305 g/mol. The van der Waals surface area contributed by atoms with Crippen LogP contribution in [0, 0.1) is 6.92 Å². The van der Waals surface area contributed by atoms with E-state index < -0.39 is 0 Å². The number of hydrogen-bond donors (Lipinski definition) is 0. The van der Waals surface area contributed by atoms with Gasteiger partial charge in [-0.1, -0.05) is 0 Å². The van der Waals surface area contributed by atoms with Crippen LogP contribution in [-0.2, 0) is 9.53 Å². The Morgan fingerprint density at radius 3 is 2.59 bits per heavy atom. The number of carbonyl (C=O) groups is 1. The van der Waals surface area contributed by atoms with Gasteiger partial charge < -0.3 is 14.5 Å². The van der Waals surface area contributed by atoms with Crippen molar-refractivity contribution >= 4 is 11.9 Å². The van der Waals surface area contributed by atoms with Crippen LogP contribution in [0.4, 0.5) is 5.95 Å². The average molecular weight is 305 g/mol. The Hall–Kier alpha value is -1.73. The SMILES string of the molecule is Cc1ccnc(N2CCN(C(=O)CN3CCOCC3)CC2)n1. The van der Waals surface area contributed by atoms with Crippen molar-refractivity contribution in [3.63, 3.8) is 0 Å². The van der Waals surface area contributed by atoms with E-state index in [-0.39, 0.29) is 5.91 Å². The van der Waals surface area contributed by atoms with E-state index in [0.717, 1.165) is 64.1 Å². The van der Waals surface area contributed by atoms with Crippen LogP contribution in [-0.4, -0.2) is 84.7 Å². The van der Waals surface area contributed by atoms with Gasteiger partial charge in [0.1, 0.15) is 0 Å². The fraction of sp³-hybridized carbons (Fsp3) is 0.667. The first-order chi connectivity index (χ1) is 10.7. The van der Waals surface area contributed by atoms with E-state index in [4.69, 9.17) is 4.74 Å². The van der Waals surface area contributed by atoms with E-state index in [1.165, 1.54) is 0 Å². The molecule has 0 atom stereocenters. The third-order valence-electron chi connectivity index (χ3n) is 4.16. The highest BCUT2D eigenvalue weighted by Gasteiger charge is 2.24. The van der Waals surface area contributed by atoms with Gasteiger partial charge in [-0.3, -0.25) is 9.69 Å². The lowest BCUT2D eigenvalue weighted by molar-refractivity contribution is -0.133. The third kappa shape index (κ3) is 3.72. The molecule has 1 aromatic heterocycles. The third-order valence-corrected chi connectivity index (χ3v) is 4.16. The highest BCUT2D eigenvalue weighted by atomic mass is 16.5.